The van der Waals surface area contributed by atoms with Crippen molar-refractivity contribution in [3.8, 4) is 5.75 Å². The van der Waals surface area contributed by atoms with Crippen LogP contribution in [-0.2, 0) is 13.0 Å². The Morgan fingerprint density at radius 1 is 1.10 bits per heavy atom. The maximum absolute atomic E-state index is 12.8. The smallest absolute Gasteiger partial charge is 0.268 e. The lowest BCUT2D eigenvalue weighted by Crippen LogP contribution is -2.28. The van der Waals surface area contributed by atoms with Gasteiger partial charge in [-0.05, 0) is 30.7 Å². The Kier molecular flexibility index (Phi) is 5.90. The highest BCUT2D eigenvalue weighted by Crippen LogP contribution is 2.22. The minimum Gasteiger partial charge on any atom is -0.494 e. The van der Waals surface area contributed by atoms with Gasteiger partial charge in [0, 0.05) is 43.5 Å². The zero-order valence-electron chi connectivity index (χ0n) is 16.1. The van der Waals surface area contributed by atoms with Crippen LogP contribution >= 0.6 is 0 Å². The topological polar surface area (TPSA) is 69.3 Å². The summed E-state index contributed by atoms with van der Waals surface area (Å²) in [5, 5.41) is 2.98. The predicted octanol–water partition coefficient (Wildman–Crippen LogP) is 4.07. The fourth-order valence-electron chi connectivity index (χ4n) is 3.28. The number of nitrogens with one attached hydrogen (secondary N) is 1. The van der Waals surface area contributed by atoms with Crippen LogP contribution in [0.1, 0.15) is 22.6 Å². The van der Waals surface area contributed by atoms with Gasteiger partial charge in [0.1, 0.15) is 11.4 Å². The van der Waals surface area contributed by atoms with E-state index in [-0.39, 0.29) is 5.91 Å². The molecule has 0 fully saturated rings. The van der Waals surface area contributed by atoms with Gasteiger partial charge >= 0.3 is 0 Å². The fourth-order valence-corrected chi connectivity index (χ4v) is 3.28. The number of hydrogen-bond donors (Lipinski definition) is 1. The molecule has 0 saturated carbocycles. The summed E-state index contributed by atoms with van der Waals surface area (Å²) >= 11 is 0. The quantitative estimate of drug-likeness (QED) is 0.438. The first-order valence-electron chi connectivity index (χ1n) is 9.74. The van der Waals surface area contributed by atoms with E-state index in [1.807, 2.05) is 59.2 Å². The minimum absolute atomic E-state index is 0.115. The molecule has 1 aromatic carbocycles. The van der Waals surface area contributed by atoms with Crippen LogP contribution in [0.5, 0.6) is 5.75 Å². The van der Waals surface area contributed by atoms with Crippen molar-refractivity contribution in [2.45, 2.75) is 19.4 Å². The van der Waals surface area contributed by atoms with Crippen LogP contribution in [0, 0.1) is 0 Å². The second-order valence-electron chi connectivity index (χ2n) is 6.69. The molecular formula is C23H23N3O3. The Hall–Kier alpha value is -3.54. The molecule has 3 heterocycles. The monoisotopic (exact) mass is 389 g/mol. The second kappa shape index (κ2) is 9.10. The number of carbonyl (C=O) groups excluding carboxylic acids is 1. The van der Waals surface area contributed by atoms with Crippen molar-refractivity contribution >= 4 is 17.0 Å². The van der Waals surface area contributed by atoms with E-state index in [2.05, 4.69) is 10.3 Å². The molecule has 0 radical (unpaired) electrons. The number of pyridine rings is 1. The summed E-state index contributed by atoms with van der Waals surface area (Å²) in [6, 6.07) is 19.2. The van der Waals surface area contributed by atoms with Gasteiger partial charge in [-0.3, -0.25) is 9.78 Å². The molecule has 148 valence electrons. The van der Waals surface area contributed by atoms with E-state index in [1.54, 1.807) is 18.5 Å². The number of amides is 1. The minimum atomic E-state index is -0.115. The SMILES string of the molecule is O=C(NCCc1ccccn1)c1cc2occc2n1CCCOc1ccccc1. The molecule has 6 heteroatoms. The molecule has 0 saturated heterocycles. The zero-order valence-corrected chi connectivity index (χ0v) is 16.1. The summed E-state index contributed by atoms with van der Waals surface area (Å²) in [5.74, 6) is 0.734. The number of hydrogen-bond acceptors (Lipinski definition) is 4. The summed E-state index contributed by atoms with van der Waals surface area (Å²) in [4.78, 5) is 17.0. The van der Waals surface area contributed by atoms with Crippen molar-refractivity contribution < 1.29 is 13.9 Å². The van der Waals surface area contributed by atoms with Gasteiger partial charge in [-0.15, -0.1) is 0 Å². The van der Waals surface area contributed by atoms with Crippen molar-refractivity contribution in [2.75, 3.05) is 13.2 Å². The normalized spacial score (nSPS) is 10.9. The number of aromatic nitrogens is 2. The van der Waals surface area contributed by atoms with E-state index in [1.165, 1.54) is 0 Å². The van der Waals surface area contributed by atoms with Crippen LogP contribution in [0.3, 0.4) is 0 Å². The standard InChI is InChI=1S/C23H23N3O3/c27-23(25-13-10-18-7-4-5-12-24-18)21-17-22-20(11-16-29-22)26(21)14-6-15-28-19-8-2-1-3-9-19/h1-5,7-9,11-12,16-17H,6,10,13-15H2,(H,25,27). The molecule has 0 atom stereocenters. The number of aryl methyl sites for hydroxylation is 1. The summed E-state index contributed by atoms with van der Waals surface area (Å²) in [7, 11) is 0. The number of nitrogens with zero attached hydrogens (tertiary/aromatic N) is 2. The van der Waals surface area contributed by atoms with Gasteiger partial charge < -0.3 is 19.0 Å². The molecule has 6 nitrogen and oxygen atoms in total. The molecule has 0 unspecified atom stereocenters. The van der Waals surface area contributed by atoms with Gasteiger partial charge in [0.25, 0.3) is 5.91 Å². The van der Waals surface area contributed by atoms with E-state index in [0.717, 1.165) is 23.4 Å². The molecule has 0 aliphatic rings. The van der Waals surface area contributed by atoms with Crippen LogP contribution in [0.15, 0.2) is 77.5 Å². The Bertz CT molecular complexity index is 1050. The largest absolute Gasteiger partial charge is 0.494 e. The van der Waals surface area contributed by atoms with Crippen molar-refractivity contribution in [3.63, 3.8) is 0 Å². The van der Waals surface area contributed by atoms with Crippen LogP contribution < -0.4 is 10.1 Å². The molecule has 0 aliphatic heterocycles. The van der Waals surface area contributed by atoms with E-state index in [4.69, 9.17) is 9.15 Å². The third-order valence-corrected chi connectivity index (χ3v) is 4.69. The third-order valence-electron chi connectivity index (χ3n) is 4.69. The molecule has 0 spiro atoms. The summed E-state index contributed by atoms with van der Waals surface area (Å²) < 4.78 is 13.3. The Balaban J connectivity index is 1.37. The molecule has 1 N–H and O–H groups in total. The lowest BCUT2D eigenvalue weighted by Gasteiger charge is -2.11. The number of carbonyl (C=O) groups is 1. The van der Waals surface area contributed by atoms with E-state index >= 15 is 0 Å². The average Bonchev–Trinajstić information content (AvgIpc) is 3.35. The molecule has 0 bridgehead atoms. The highest BCUT2D eigenvalue weighted by molar-refractivity contribution is 5.97. The highest BCUT2D eigenvalue weighted by Gasteiger charge is 2.17. The Morgan fingerprint density at radius 3 is 2.79 bits per heavy atom. The number of fused-ring (bicyclic) bond motifs is 1. The highest BCUT2D eigenvalue weighted by atomic mass is 16.5. The van der Waals surface area contributed by atoms with E-state index < -0.39 is 0 Å². The summed E-state index contributed by atoms with van der Waals surface area (Å²) in [6.45, 7) is 1.76. The average molecular weight is 389 g/mol. The number of ether oxygens (including phenoxy) is 1. The zero-order chi connectivity index (χ0) is 19.9. The fraction of sp³-hybridized carbons (Fsp3) is 0.217. The first-order chi connectivity index (χ1) is 14.3. The number of furan rings is 1. The van der Waals surface area contributed by atoms with Gasteiger partial charge in [-0.2, -0.15) is 0 Å². The van der Waals surface area contributed by atoms with Gasteiger partial charge in [-0.25, -0.2) is 0 Å². The van der Waals surface area contributed by atoms with Gasteiger partial charge in [0.05, 0.1) is 18.4 Å². The van der Waals surface area contributed by atoms with E-state index in [0.29, 0.717) is 37.4 Å². The maximum Gasteiger partial charge on any atom is 0.268 e. The van der Waals surface area contributed by atoms with E-state index in [9.17, 15) is 4.79 Å². The molecule has 29 heavy (non-hydrogen) atoms. The lowest BCUT2D eigenvalue weighted by atomic mass is 10.2. The van der Waals surface area contributed by atoms with Crippen molar-refractivity contribution in [1.29, 1.82) is 0 Å². The van der Waals surface area contributed by atoms with Crippen LogP contribution in [0.25, 0.3) is 11.1 Å². The second-order valence-corrected chi connectivity index (χ2v) is 6.69. The number of benzene rings is 1. The summed E-state index contributed by atoms with van der Waals surface area (Å²) in [5.41, 5.74) is 3.18. The third kappa shape index (κ3) is 4.66. The molecule has 3 aromatic heterocycles. The maximum atomic E-state index is 12.8. The lowest BCUT2D eigenvalue weighted by molar-refractivity contribution is 0.0944. The van der Waals surface area contributed by atoms with Crippen LogP contribution in [0.2, 0.25) is 0 Å². The van der Waals surface area contributed by atoms with Crippen molar-refractivity contribution in [2.24, 2.45) is 0 Å². The van der Waals surface area contributed by atoms with Crippen LogP contribution in [-0.4, -0.2) is 28.6 Å². The predicted molar refractivity (Wildman–Crippen MR) is 111 cm³/mol. The summed E-state index contributed by atoms with van der Waals surface area (Å²) in [6.07, 6.45) is 4.87. The molecule has 1 amide bonds. The van der Waals surface area contributed by atoms with Crippen LogP contribution in [0.4, 0.5) is 0 Å². The molecule has 4 rings (SSSR count). The van der Waals surface area contributed by atoms with Gasteiger partial charge in [0.15, 0.2) is 5.58 Å². The number of rotatable bonds is 9. The van der Waals surface area contributed by atoms with Crippen molar-refractivity contribution in [1.82, 2.24) is 14.9 Å². The van der Waals surface area contributed by atoms with Gasteiger partial charge in [0.2, 0.25) is 0 Å². The van der Waals surface area contributed by atoms with Crippen molar-refractivity contribution in [3.05, 3.63) is 84.5 Å². The Labute approximate surface area is 169 Å². The molecule has 4 aromatic rings. The van der Waals surface area contributed by atoms with Gasteiger partial charge in [-0.1, -0.05) is 24.3 Å². The first kappa shape index (κ1) is 18.8. The molecule has 0 aliphatic carbocycles. The Morgan fingerprint density at radius 2 is 1.97 bits per heavy atom. The molecular weight excluding hydrogens is 366 g/mol. The number of para-hydroxylation sites is 1. The first-order valence-corrected chi connectivity index (χ1v) is 9.74.